The van der Waals surface area contributed by atoms with Crippen LogP contribution in [0.3, 0.4) is 0 Å². The normalized spacial score (nSPS) is 10.8. The highest BCUT2D eigenvalue weighted by atomic mass is 32.1. The van der Waals surface area contributed by atoms with E-state index in [9.17, 15) is 4.79 Å². The van der Waals surface area contributed by atoms with Gasteiger partial charge in [0.15, 0.2) is 23.2 Å². The summed E-state index contributed by atoms with van der Waals surface area (Å²) in [6.07, 6.45) is 5.01. The highest BCUT2D eigenvalue weighted by Gasteiger charge is 2.11. The third kappa shape index (κ3) is 4.57. The molecule has 7 nitrogen and oxygen atoms in total. The van der Waals surface area contributed by atoms with Gasteiger partial charge in [0.25, 0.3) is 0 Å². The van der Waals surface area contributed by atoms with Crippen LogP contribution in [0.1, 0.15) is 5.56 Å². The van der Waals surface area contributed by atoms with Crippen molar-refractivity contribution in [3.63, 3.8) is 0 Å². The number of hydrogen-bond acceptors (Lipinski definition) is 6. The van der Waals surface area contributed by atoms with Gasteiger partial charge in [-0.3, -0.25) is 10.1 Å². The number of nitriles is 1. The lowest BCUT2D eigenvalue weighted by atomic mass is 10.1. The van der Waals surface area contributed by atoms with E-state index in [2.05, 4.69) is 15.3 Å². The van der Waals surface area contributed by atoms with Crippen LogP contribution in [0.25, 0.3) is 28.2 Å². The Hall–Kier alpha value is -4.09. The number of fused-ring (bicyclic) bond motifs is 1. The Morgan fingerprint density at radius 2 is 2.16 bits per heavy atom. The van der Waals surface area contributed by atoms with Gasteiger partial charge in [-0.15, -0.1) is 11.3 Å². The molecular formula is C23H18N4O3S. The van der Waals surface area contributed by atoms with Gasteiger partial charge in [0.1, 0.15) is 6.07 Å². The maximum atomic E-state index is 12.3. The monoisotopic (exact) mass is 430 g/mol. The maximum absolute atomic E-state index is 12.3. The van der Waals surface area contributed by atoms with Gasteiger partial charge >= 0.3 is 0 Å². The molecule has 0 saturated heterocycles. The molecule has 31 heavy (non-hydrogen) atoms. The predicted molar refractivity (Wildman–Crippen MR) is 121 cm³/mol. The van der Waals surface area contributed by atoms with Crippen molar-refractivity contribution < 1.29 is 14.3 Å². The SMILES string of the molecule is COc1cc(/C=C/C(=O)Nc2nc(-c3c[nH]c4ccccc34)cs2)ccc1OCC#N. The van der Waals surface area contributed by atoms with Gasteiger partial charge in [0.05, 0.1) is 12.8 Å². The lowest BCUT2D eigenvalue weighted by Crippen LogP contribution is -2.07. The van der Waals surface area contributed by atoms with Gasteiger partial charge in [0.2, 0.25) is 5.91 Å². The topological polar surface area (TPSA) is 100 Å². The summed E-state index contributed by atoms with van der Waals surface area (Å²) in [4.78, 5) is 20.1. The van der Waals surface area contributed by atoms with Crippen LogP contribution in [-0.2, 0) is 4.79 Å². The zero-order valence-electron chi connectivity index (χ0n) is 16.6. The Balaban J connectivity index is 1.44. The van der Waals surface area contributed by atoms with Crippen LogP contribution in [0.4, 0.5) is 5.13 Å². The minimum atomic E-state index is -0.288. The molecular weight excluding hydrogens is 412 g/mol. The number of amides is 1. The number of thiazole rings is 1. The molecule has 8 heteroatoms. The summed E-state index contributed by atoms with van der Waals surface area (Å²) >= 11 is 1.37. The first-order valence-corrected chi connectivity index (χ1v) is 10.2. The number of H-pyrrole nitrogens is 1. The van der Waals surface area contributed by atoms with E-state index in [-0.39, 0.29) is 12.5 Å². The molecule has 0 radical (unpaired) electrons. The van der Waals surface area contributed by atoms with Crippen LogP contribution in [0.5, 0.6) is 11.5 Å². The number of nitrogens with one attached hydrogen (secondary N) is 2. The molecule has 1 amide bonds. The molecule has 4 aromatic rings. The van der Waals surface area contributed by atoms with Crippen LogP contribution in [0, 0.1) is 11.3 Å². The summed E-state index contributed by atoms with van der Waals surface area (Å²) < 4.78 is 10.6. The average molecular weight is 430 g/mol. The second kappa shape index (κ2) is 9.15. The Bertz CT molecular complexity index is 1300. The third-order valence-corrected chi connectivity index (χ3v) is 5.26. The standard InChI is InChI=1S/C23H18N4O3S/c1-29-21-12-15(6-8-20(21)30-11-10-24)7-9-22(28)27-23-26-19(14-31-23)17-13-25-18-5-3-2-4-16(17)18/h2-9,12-14,25H,11H2,1H3,(H,26,27,28)/b9-7+. The van der Waals surface area contributed by atoms with Crippen LogP contribution in [-0.4, -0.2) is 29.6 Å². The number of benzene rings is 2. The quantitative estimate of drug-likeness (QED) is 0.408. The Kier molecular flexibility index (Phi) is 5.96. The molecule has 0 atom stereocenters. The number of ether oxygens (including phenoxy) is 2. The first-order chi connectivity index (χ1) is 15.2. The zero-order chi connectivity index (χ0) is 21.6. The number of methoxy groups -OCH3 is 1. The fourth-order valence-corrected chi connectivity index (χ4v) is 3.79. The number of nitrogens with zero attached hydrogens (tertiary/aromatic N) is 2. The van der Waals surface area contributed by atoms with Crippen molar-refractivity contribution >= 4 is 39.4 Å². The van der Waals surface area contributed by atoms with Crippen LogP contribution in [0.15, 0.2) is 60.1 Å². The zero-order valence-corrected chi connectivity index (χ0v) is 17.4. The molecule has 4 rings (SSSR count). The van der Waals surface area contributed by atoms with E-state index in [1.54, 1.807) is 24.3 Å². The van der Waals surface area contributed by atoms with Crippen LogP contribution >= 0.6 is 11.3 Å². The highest BCUT2D eigenvalue weighted by molar-refractivity contribution is 7.14. The molecule has 0 saturated carbocycles. The van der Waals surface area contributed by atoms with Crippen molar-refractivity contribution in [1.82, 2.24) is 9.97 Å². The van der Waals surface area contributed by atoms with Crippen molar-refractivity contribution in [2.45, 2.75) is 0 Å². The van der Waals surface area contributed by atoms with Gasteiger partial charge in [-0.2, -0.15) is 5.26 Å². The lowest BCUT2D eigenvalue weighted by Gasteiger charge is -2.08. The number of carbonyl (C=O) groups excluding carboxylic acids is 1. The van der Waals surface area contributed by atoms with Gasteiger partial charge in [-0.05, 0) is 29.8 Å². The van der Waals surface area contributed by atoms with E-state index in [0.29, 0.717) is 16.6 Å². The Morgan fingerprint density at radius 3 is 3.00 bits per heavy atom. The van der Waals surface area contributed by atoms with Crippen molar-refractivity contribution in [3.05, 3.63) is 65.7 Å². The fourth-order valence-electron chi connectivity index (χ4n) is 3.07. The molecule has 0 aliphatic heterocycles. The number of hydrogen-bond donors (Lipinski definition) is 2. The number of aromatic amines is 1. The van der Waals surface area contributed by atoms with Crippen molar-refractivity contribution in [1.29, 1.82) is 5.26 Å². The van der Waals surface area contributed by atoms with E-state index >= 15 is 0 Å². The van der Waals surface area contributed by atoms with Crippen LogP contribution in [0.2, 0.25) is 0 Å². The van der Waals surface area contributed by atoms with E-state index in [4.69, 9.17) is 14.7 Å². The largest absolute Gasteiger partial charge is 0.493 e. The van der Waals surface area contributed by atoms with E-state index < -0.39 is 0 Å². The molecule has 0 aliphatic carbocycles. The molecule has 0 fully saturated rings. The molecule has 0 unspecified atom stereocenters. The summed E-state index contributed by atoms with van der Waals surface area (Å²) in [6.45, 7) is -0.0672. The van der Waals surface area contributed by atoms with Crippen LogP contribution < -0.4 is 14.8 Å². The number of rotatable bonds is 7. The lowest BCUT2D eigenvalue weighted by molar-refractivity contribution is -0.111. The van der Waals surface area contributed by atoms with Gasteiger partial charge in [-0.1, -0.05) is 24.3 Å². The molecule has 0 spiro atoms. The van der Waals surface area contributed by atoms with E-state index in [0.717, 1.165) is 27.7 Å². The minimum Gasteiger partial charge on any atom is -0.493 e. The average Bonchev–Trinajstić information content (AvgIpc) is 3.43. The first kappa shape index (κ1) is 20.2. The Morgan fingerprint density at radius 1 is 1.29 bits per heavy atom. The number of anilines is 1. The summed E-state index contributed by atoms with van der Waals surface area (Å²) in [5, 5.41) is 14.9. The van der Waals surface area contributed by atoms with Gasteiger partial charge < -0.3 is 14.5 Å². The number of aromatic nitrogens is 2. The van der Waals surface area contributed by atoms with E-state index in [1.165, 1.54) is 24.5 Å². The summed E-state index contributed by atoms with van der Waals surface area (Å²) in [5.74, 6) is 0.669. The number of para-hydroxylation sites is 1. The second-order valence-corrected chi connectivity index (χ2v) is 7.32. The fraction of sp³-hybridized carbons (Fsp3) is 0.0870. The maximum Gasteiger partial charge on any atom is 0.250 e. The van der Waals surface area contributed by atoms with E-state index in [1.807, 2.05) is 41.9 Å². The first-order valence-electron chi connectivity index (χ1n) is 9.37. The summed E-state index contributed by atoms with van der Waals surface area (Å²) in [7, 11) is 1.52. The van der Waals surface area contributed by atoms with Crippen molar-refractivity contribution in [2.24, 2.45) is 0 Å². The molecule has 2 aromatic carbocycles. The molecule has 2 aromatic heterocycles. The molecule has 0 aliphatic rings. The molecule has 154 valence electrons. The smallest absolute Gasteiger partial charge is 0.250 e. The second-order valence-electron chi connectivity index (χ2n) is 6.47. The number of carbonyl (C=O) groups is 1. The van der Waals surface area contributed by atoms with Crippen molar-refractivity contribution in [2.75, 3.05) is 19.0 Å². The summed E-state index contributed by atoms with van der Waals surface area (Å²) in [5.41, 5.74) is 3.60. The van der Waals surface area contributed by atoms with Gasteiger partial charge in [-0.25, -0.2) is 4.98 Å². The summed E-state index contributed by atoms with van der Waals surface area (Å²) in [6, 6.07) is 15.1. The minimum absolute atomic E-state index is 0.0672. The highest BCUT2D eigenvalue weighted by Crippen LogP contribution is 2.31. The third-order valence-electron chi connectivity index (χ3n) is 4.51. The molecule has 2 N–H and O–H groups in total. The molecule has 0 bridgehead atoms. The predicted octanol–water partition coefficient (Wildman–Crippen LogP) is 4.85. The van der Waals surface area contributed by atoms with Gasteiger partial charge in [0, 0.05) is 34.1 Å². The van der Waals surface area contributed by atoms with Crippen molar-refractivity contribution in [3.8, 4) is 28.8 Å². The Labute approximate surface area is 182 Å². The molecule has 2 heterocycles.